The monoisotopic (exact) mass is 252 g/mol. The van der Waals surface area contributed by atoms with E-state index >= 15 is 0 Å². The summed E-state index contributed by atoms with van der Waals surface area (Å²) in [7, 11) is 3.24. The molecule has 0 aromatic heterocycles. The van der Waals surface area contributed by atoms with Gasteiger partial charge in [-0.2, -0.15) is 0 Å². The first-order valence-corrected chi connectivity index (χ1v) is 6.10. The quantitative estimate of drug-likeness (QED) is 0.826. The minimum absolute atomic E-state index is 0.657. The van der Waals surface area contributed by atoms with Gasteiger partial charge in [0, 0.05) is 31.8 Å². The van der Waals surface area contributed by atoms with Gasteiger partial charge in [-0.1, -0.05) is 0 Å². The molecule has 1 aliphatic heterocycles. The van der Waals surface area contributed by atoms with Crippen LogP contribution in [0.4, 0.5) is 11.4 Å². The van der Waals surface area contributed by atoms with Crippen molar-refractivity contribution < 1.29 is 14.2 Å². The third-order valence-electron chi connectivity index (χ3n) is 3.10. The Morgan fingerprint density at radius 1 is 1.11 bits per heavy atom. The first-order chi connectivity index (χ1) is 8.76. The first kappa shape index (κ1) is 12.8. The van der Waals surface area contributed by atoms with Gasteiger partial charge in [-0.3, -0.25) is 0 Å². The number of benzene rings is 1. The van der Waals surface area contributed by atoms with Gasteiger partial charge >= 0.3 is 0 Å². The molecular weight excluding hydrogens is 232 g/mol. The molecule has 0 amide bonds. The van der Waals surface area contributed by atoms with E-state index in [1.54, 1.807) is 20.3 Å². The van der Waals surface area contributed by atoms with Crippen LogP contribution in [0.3, 0.4) is 0 Å². The highest BCUT2D eigenvalue weighted by Gasteiger charge is 2.16. The Kier molecular flexibility index (Phi) is 4.15. The van der Waals surface area contributed by atoms with E-state index in [9.17, 15) is 0 Å². The number of anilines is 2. The number of nitrogens with two attached hydrogens (primary N) is 1. The summed E-state index contributed by atoms with van der Waals surface area (Å²) in [6.07, 6.45) is 1.01. The van der Waals surface area contributed by atoms with Crippen LogP contribution in [-0.4, -0.2) is 40.5 Å². The molecule has 0 saturated carbocycles. The summed E-state index contributed by atoms with van der Waals surface area (Å²) < 4.78 is 16.0. The van der Waals surface area contributed by atoms with Gasteiger partial charge in [-0.15, -0.1) is 0 Å². The Balaban J connectivity index is 2.31. The van der Waals surface area contributed by atoms with E-state index in [0.29, 0.717) is 17.2 Å². The third kappa shape index (κ3) is 2.61. The lowest BCUT2D eigenvalue weighted by Gasteiger charge is -2.24. The van der Waals surface area contributed by atoms with Crippen molar-refractivity contribution in [1.29, 1.82) is 0 Å². The van der Waals surface area contributed by atoms with Crippen LogP contribution in [-0.2, 0) is 4.74 Å². The largest absolute Gasteiger partial charge is 0.493 e. The van der Waals surface area contributed by atoms with Crippen LogP contribution >= 0.6 is 0 Å². The molecule has 1 aliphatic rings. The molecule has 18 heavy (non-hydrogen) atoms. The van der Waals surface area contributed by atoms with E-state index in [-0.39, 0.29) is 0 Å². The molecule has 1 aromatic rings. The number of rotatable bonds is 3. The van der Waals surface area contributed by atoms with Crippen molar-refractivity contribution in [3.8, 4) is 11.5 Å². The lowest BCUT2D eigenvalue weighted by atomic mass is 10.2. The molecule has 1 heterocycles. The van der Waals surface area contributed by atoms with Gasteiger partial charge in [0.15, 0.2) is 11.5 Å². The number of hydrogen-bond acceptors (Lipinski definition) is 5. The van der Waals surface area contributed by atoms with Crippen molar-refractivity contribution >= 4 is 11.4 Å². The van der Waals surface area contributed by atoms with Crippen molar-refractivity contribution in [2.45, 2.75) is 6.42 Å². The van der Waals surface area contributed by atoms with Gasteiger partial charge < -0.3 is 24.8 Å². The summed E-state index contributed by atoms with van der Waals surface area (Å²) >= 11 is 0. The molecule has 2 N–H and O–H groups in total. The smallest absolute Gasteiger partial charge is 0.162 e. The molecule has 5 nitrogen and oxygen atoms in total. The highest BCUT2D eigenvalue weighted by Crippen LogP contribution is 2.36. The van der Waals surface area contributed by atoms with Crippen LogP contribution in [0.1, 0.15) is 6.42 Å². The fourth-order valence-electron chi connectivity index (χ4n) is 2.14. The van der Waals surface area contributed by atoms with Gasteiger partial charge in [0.2, 0.25) is 0 Å². The number of nitrogen functional groups attached to an aromatic ring is 1. The van der Waals surface area contributed by atoms with Crippen LogP contribution < -0.4 is 20.1 Å². The first-order valence-electron chi connectivity index (χ1n) is 6.10. The highest BCUT2D eigenvalue weighted by molar-refractivity contribution is 5.73. The van der Waals surface area contributed by atoms with Crippen LogP contribution in [0.25, 0.3) is 0 Å². The fraction of sp³-hybridized carbons (Fsp3) is 0.538. The second kappa shape index (κ2) is 5.82. The Hall–Kier alpha value is -1.62. The Morgan fingerprint density at radius 2 is 1.83 bits per heavy atom. The second-order valence-electron chi connectivity index (χ2n) is 4.22. The van der Waals surface area contributed by atoms with Gasteiger partial charge in [0.05, 0.1) is 32.2 Å². The zero-order valence-electron chi connectivity index (χ0n) is 10.9. The molecule has 0 radical (unpaired) electrons. The highest BCUT2D eigenvalue weighted by atomic mass is 16.5. The fourth-order valence-corrected chi connectivity index (χ4v) is 2.14. The maximum atomic E-state index is 6.08. The normalized spacial score (nSPS) is 16.2. The van der Waals surface area contributed by atoms with E-state index in [2.05, 4.69) is 4.90 Å². The maximum Gasteiger partial charge on any atom is 0.162 e. The molecule has 0 spiro atoms. The average molecular weight is 252 g/mol. The predicted molar refractivity (Wildman–Crippen MR) is 71.6 cm³/mol. The molecule has 2 rings (SSSR count). The molecule has 0 bridgehead atoms. The molecule has 100 valence electrons. The number of methoxy groups -OCH3 is 2. The zero-order valence-corrected chi connectivity index (χ0v) is 10.9. The molecule has 0 aliphatic carbocycles. The predicted octanol–water partition coefficient (Wildman–Crippen LogP) is 1.51. The number of nitrogens with zero attached hydrogens (tertiary/aromatic N) is 1. The Morgan fingerprint density at radius 3 is 2.56 bits per heavy atom. The van der Waals surface area contributed by atoms with E-state index in [0.717, 1.165) is 38.4 Å². The summed E-state index contributed by atoms with van der Waals surface area (Å²) in [4.78, 5) is 2.23. The summed E-state index contributed by atoms with van der Waals surface area (Å²) in [5, 5.41) is 0. The molecule has 5 heteroatoms. The van der Waals surface area contributed by atoms with Crippen LogP contribution in [0.2, 0.25) is 0 Å². The van der Waals surface area contributed by atoms with Crippen molar-refractivity contribution in [2.75, 3.05) is 51.2 Å². The lowest BCUT2D eigenvalue weighted by molar-refractivity contribution is 0.152. The number of ether oxygens (including phenoxy) is 3. The molecule has 1 aromatic carbocycles. The van der Waals surface area contributed by atoms with Crippen LogP contribution in [0, 0.1) is 0 Å². The summed E-state index contributed by atoms with van der Waals surface area (Å²) in [5.74, 6) is 1.36. The molecule has 1 saturated heterocycles. The van der Waals surface area contributed by atoms with Crippen molar-refractivity contribution in [3.05, 3.63) is 12.1 Å². The topological polar surface area (TPSA) is 57.0 Å². The third-order valence-corrected chi connectivity index (χ3v) is 3.10. The Bertz CT molecular complexity index is 401. The lowest BCUT2D eigenvalue weighted by Crippen LogP contribution is -2.26. The molecule has 0 atom stereocenters. The van der Waals surface area contributed by atoms with Crippen LogP contribution in [0.15, 0.2) is 12.1 Å². The van der Waals surface area contributed by atoms with E-state index in [1.165, 1.54) is 0 Å². The number of hydrogen-bond donors (Lipinski definition) is 1. The summed E-state index contributed by atoms with van der Waals surface area (Å²) in [6.45, 7) is 3.33. The summed E-state index contributed by atoms with van der Waals surface area (Å²) in [5.41, 5.74) is 7.77. The molecule has 0 unspecified atom stereocenters. The van der Waals surface area contributed by atoms with Gasteiger partial charge in [-0.25, -0.2) is 0 Å². The minimum atomic E-state index is 0.657. The van der Waals surface area contributed by atoms with Crippen molar-refractivity contribution in [1.82, 2.24) is 0 Å². The summed E-state index contributed by atoms with van der Waals surface area (Å²) in [6, 6.07) is 3.74. The standard InChI is InChI=1S/C13H20N2O3/c1-16-12-8-10(14)11(9-13(12)17-2)15-4-3-6-18-7-5-15/h8-9H,3-7,14H2,1-2H3. The minimum Gasteiger partial charge on any atom is -0.493 e. The second-order valence-corrected chi connectivity index (χ2v) is 4.22. The van der Waals surface area contributed by atoms with Gasteiger partial charge in [0.25, 0.3) is 0 Å². The van der Waals surface area contributed by atoms with E-state index in [4.69, 9.17) is 19.9 Å². The molecular formula is C13H20N2O3. The molecule has 1 fully saturated rings. The van der Waals surface area contributed by atoms with Crippen LogP contribution in [0.5, 0.6) is 11.5 Å². The van der Waals surface area contributed by atoms with Gasteiger partial charge in [-0.05, 0) is 6.42 Å². The van der Waals surface area contributed by atoms with Crippen molar-refractivity contribution in [3.63, 3.8) is 0 Å². The van der Waals surface area contributed by atoms with E-state index < -0.39 is 0 Å². The maximum absolute atomic E-state index is 6.08. The van der Waals surface area contributed by atoms with Gasteiger partial charge in [0.1, 0.15) is 0 Å². The Labute approximate surface area is 107 Å². The average Bonchev–Trinajstić information content (AvgIpc) is 2.67. The van der Waals surface area contributed by atoms with E-state index in [1.807, 2.05) is 6.07 Å². The SMILES string of the molecule is COc1cc(N)c(N2CCCOCC2)cc1OC. The van der Waals surface area contributed by atoms with Crippen molar-refractivity contribution in [2.24, 2.45) is 0 Å². The zero-order chi connectivity index (χ0) is 13.0.